The van der Waals surface area contributed by atoms with Crippen molar-refractivity contribution in [1.82, 2.24) is 4.90 Å². The van der Waals surface area contributed by atoms with Crippen LogP contribution < -0.4 is 0 Å². The maximum Gasteiger partial charge on any atom is 0.223 e. The quantitative estimate of drug-likeness (QED) is 0.847. The Morgan fingerprint density at radius 2 is 1.85 bits per heavy atom. The second-order valence-corrected chi connectivity index (χ2v) is 5.94. The van der Waals surface area contributed by atoms with E-state index in [1.807, 2.05) is 23.1 Å². The molecule has 20 heavy (non-hydrogen) atoms. The van der Waals surface area contributed by atoms with Gasteiger partial charge in [-0.15, -0.1) is 0 Å². The Labute approximate surface area is 120 Å². The highest BCUT2D eigenvalue weighted by Gasteiger charge is 2.49. The predicted molar refractivity (Wildman–Crippen MR) is 77.3 cm³/mol. The molecule has 1 atom stereocenters. The molecule has 3 nitrogen and oxygen atoms in total. The van der Waals surface area contributed by atoms with Crippen LogP contribution in [-0.4, -0.2) is 28.7 Å². The Balaban J connectivity index is 1.82. The van der Waals surface area contributed by atoms with Gasteiger partial charge in [-0.1, -0.05) is 30.3 Å². The van der Waals surface area contributed by atoms with Crippen LogP contribution >= 0.6 is 0 Å². The summed E-state index contributed by atoms with van der Waals surface area (Å²) < 4.78 is 0. The SMILES string of the molecule is O=C1CCCC(=O)[C@]2(CCc3ccccc3)CCCN12. The van der Waals surface area contributed by atoms with Crippen LogP contribution in [0.3, 0.4) is 0 Å². The fraction of sp³-hybridized carbons (Fsp3) is 0.529. The third-order valence-electron chi connectivity index (χ3n) is 4.77. The molecule has 0 unspecified atom stereocenters. The Morgan fingerprint density at radius 3 is 2.65 bits per heavy atom. The van der Waals surface area contributed by atoms with Crippen molar-refractivity contribution < 1.29 is 9.59 Å². The zero-order valence-corrected chi connectivity index (χ0v) is 11.8. The standard InChI is InChI=1S/C17H21NO2/c19-15-8-4-9-16(20)18-13-5-11-17(15,18)12-10-14-6-2-1-3-7-14/h1-3,6-7H,4-5,8-13H2/t17-/m1/s1. The summed E-state index contributed by atoms with van der Waals surface area (Å²) in [6.07, 6.45) is 5.30. The van der Waals surface area contributed by atoms with Crippen LogP contribution in [0.4, 0.5) is 0 Å². The Bertz CT molecular complexity index is 511. The summed E-state index contributed by atoms with van der Waals surface area (Å²) in [5, 5.41) is 0. The molecule has 1 aromatic rings. The Morgan fingerprint density at radius 1 is 1.05 bits per heavy atom. The third kappa shape index (κ3) is 2.26. The number of benzene rings is 1. The first kappa shape index (κ1) is 13.3. The van der Waals surface area contributed by atoms with E-state index >= 15 is 0 Å². The Kier molecular flexibility index (Phi) is 3.60. The summed E-state index contributed by atoms with van der Waals surface area (Å²) in [7, 11) is 0. The van der Waals surface area contributed by atoms with Crippen LogP contribution in [0.25, 0.3) is 0 Å². The first-order chi connectivity index (χ1) is 9.72. The smallest absolute Gasteiger partial charge is 0.223 e. The fourth-order valence-electron chi connectivity index (χ4n) is 3.69. The molecule has 0 bridgehead atoms. The topological polar surface area (TPSA) is 37.4 Å². The molecular formula is C17H21NO2. The number of amides is 1. The van der Waals surface area contributed by atoms with E-state index in [9.17, 15) is 9.59 Å². The van der Waals surface area contributed by atoms with Gasteiger partial charge in [0.25, 0.3) is 0 Å². The molecule has 0 N–H and O–H groups in total. The molecule has 0 saturated carbocycles. The molecule has 2 aliphatic heterocycles. The van der Waals surface area contributed by atoms with E-state index in [-0.39, 0.29) is 11.7 Å². The fourth-order valence-corrected chi connectivity index (χ4v) is 3.69. The molecule has 2 saturated heterocycles. The van der Waals surface area contributed by atoms with Gasteiger partial charge in [-0.05, 0) is 37.7 Å². The van der Waals surface area contributed by atoms with Crippen LogP contribution in [0.15, 0.2) is 30.3 Å². The van der Waals surface area contributed by atoms with Gasteiger partial charge < -0.3 is 4.90 Å². The highest BCUT2D eigenvalue weighted by atomic mass is 16.2. The summed E-state index contributed by atoms with van der Waals surface area (Å²) in [6, 6.07) is 10.3. The van der Waals surface area contributed by atoms with Gasteiger partial charge >= 0.3 is 0 Å². The van der Waals surface area contributed by atoms with Gasteiger partial charge in [-0.25, -0.2) is 0 Å². The molecule has 2 heterocycles. The Hall–Kier alpha value is -1.64. The number of carbonyl (C=O) groups is 2. The highest BCUT2D eigenvalue weighted by Crippen LogP contribution is 2.38. The number of rotatable bonds is 3. The molecule has 0 aromatic heterocycles. The van der Waals surface area contributed by atoms with Gasteiger partial charge in [-0.2, -0.15) is 0 Å². The van der Waals surface area contributed by atoms with Gasteiger partial charge in [0, 0.05) is 19.4 Å². The van der Waals surface area contributed by atoms with Crippen molar-refractivity contribution in [2.75, 3.05) is 6.54 Å². The van der Waals surface area contributed by atoms with E-state index in [1.165, 1.54) is 5.56 Å². The molecule has 0 spiro atoms. The van der Waals surface area contributed by atoms with E-state index in [0.717, 1.165) is 38.6 Å². The lowest BCUT2D eigenvalue weighted by Gasteiger charge is -2.36. The van der Waals surface area contributed by atoms with Crippen molar-refractivity contribution in [1.29, 1.82) is 0 Å². The number of hydrogen-bond acceptors (Lipinski definition) is 2. The van der Waals surface area contributed by atoms with E-state index in [2.05, 4.69) is 12.1 Å². The average molecular weight is 271 g/mol. The first-order valence-electron chi connectivity index (χ1n) is 7.60. The van der Waals surface area contributed by atoms with Gasteiger partial charge in [0.05, 0.1) is 0 Å². The number of hydrogen-bond donors (Lipinski definition) is 0. The number of Topliss-reactive ketones (excluding diaryl/α,β-unsaturated/α-hetero) is 1. The molecule has 106 valence electrons. The van der Waals surface area contributed by atoms with E-state index in [1.54, 1.807) is 0 Å². The normalized spacial score (nSPS) is 26.5. The molecular weight excluding hydrogens is 250 g/mol. The monoisotopic (exact) mass is 271 g/mol. The summed E-state index contributed by atoms with van der Waals surface area (Å²) >= 11 is 0. The average Bonchev–Trinajstić information content (AvgIpc) is 2.87. The number of ketones is 1. The molecule has 3 rings (SSSR count). The van der Waals surface area contributed by atoms with Crippen molar-refractivity contribution in [3.8, 4) is 0 Å². The maximum atomic E-state index is 12.6. The maximum absolute atomic E-state index is 12.6. The predicted octanol–water partition coefficient (Wildman–Crippen LogP) is 2.73. The van der Waals surface area contributed by atoms with Gasteiger partial charge in [0.15, 0.2) is 5.78 Å². The second-order valence-electron chi connectivity index (χ2n) is 5.94. The first-order valence-corrected chi connectivity index (χ1v) is 7.60. The lowest BCUT2D eigenvalue weighted by Crippen LogP contribution is -2.51. The summed E-state index contributed by atoms with van der Waals surface area (Å²) in [6.45, 7) is 0.763. The van der Waals surface area contributed by atoms with Crippen molar-refractivity contribution in [2.45, 2.75) is 50.5 Å². The molecule has 1 amide bonds. The van der Waals surface area contributed by atoms with E-state index in [4.69, 9.17) is 0 Å². The summed E-state index contributed by atoms with van der Waals surface area (Å²) in [5.74, 6) is 0.471. The van der Waals surface area contributed by atoms with E-state index < -0.39 is 5.54 Å². The minimum Gasteiger partial charge on any atom is -0.330 e. The zero-order chi connectivity index (χ0) is 14.0. The molecule has 2 fully saturated rings. The lowest BCUT2D eigenvalue weighted by atomic mass is 9.83. The summed E-state index contributed by atoms with van der Waals surface area (Å²) in [4.78, 5) is 26.7. The third-order valence-corrected chi connectivity index (χ3v) is 4.77. The zero-order valence-electron chi connectivity index (χ0n) is 11.8. The molecule has 2 aliphatic rings. The second kappa shape index (κ2) is 5.39. The number of carbonyl (C=O) groups excluding carboxylic acids is 2. The van der Waals surface area contributed by atoms with Gasteiger partial charge in [0.1, 0.15) is 5.54 Å². The molecule has 3 heteroatoms. The molecule has 1 aromatic carbocycles. The molecule has 0 aliphatic carbocycles. The van der Waals surface area contributed by atoms with E-state index in [0.29, 0.717) is 12.8 Å². The van der Waals surface area contributed by atoms with Crippen molar-refractivity contribution in [2.24, 2.45) is 0 Å². The minimum absolute atomic E-state index is 0.182. The largest absolute Gasteiger partial charge is 0.330 e. The minimum atomic E-state index is -0.497. The number of fused-ring (bicyclic) bond motifs is 1. The highest BCUT2D eigenvalue weighted by molar-refractivity contribution is 5.95. The van der Waals surface area contributed by atoms with Crippen LogP contribution in [0, 0.1) is 0 Å². The van der Waals surface area contributed by atoms with Gasteiger partial charge in [0.2, 0.25) is 5.91 Å². The van der Waals surface area contributed by atoms with Crippen LogP contribution in [-0.2, 0) is 16.0 Å². The van der Waals surface area contributed by atoms with Gasteiger partial charge in [-0.3, -0.25) is 9.59 Å². The van der Waals surface area contributed by atoms with Crippen LogP contribution in [0.1, 0.15) is 44.1 Å². The van der Waals surface area contributed by atoms with Crippen molar-refractivity contribution >= 4 is 11.7 Å². The number of aryl methyl sites for hydroxylation is 1. The van der Waals surface area contributed by atoms with Crippen LogP contribution in [0.5, 0.6) is 0 Å². The lowest BCUT2D eigenvalue weighted by molar-refractivity contribution is -0.141. The molecule has 0 radical (unpaired) electrons. The van der Waals surface area contributed by atoms with Crippen molar-refractivity contribution in [3.63, 3.8) is 0 Å². The summed E-state index contributed by atoms with van der Waals surface area (Å²) in [5.41, 5.74) is 0.752. The van der Waals surface area contributed by atoms with Crippen molar-refractivity contribution in [3.05, 3.63) is 35.9 Å². The number of nitrogens with zero attached hydrogens (tertiary/aromatic N) is 1. The van der Waals surface area contributed by atoms with Crippen LogP contribution in [0.2, 0.25) is 0 Å².